The molecule has 2 aromatic carbocycles. The summed E-state index contributed by atoms with van der Waals surface area (Å²) in [6.07, 6.45) is 25.4. The minimum atomic E-state index is -0.153. The average Bonchev–Trinajstić information content (AvgIpc) is 0.756. The molecule has 1 aliphatic rings. The van der Waals surface area contributed by atoms with Gasteiger partial charge in [0.25, 0.3) is 11.8 Å². The molecule has 0 aliphatic carbocycles. The Kier molecular flexibility index (Phi) is 28.4. The van der Waals surface area contributed by atoms with Gasteiger partial charge in [-0.25, -0.2) is 0 Å². The highest BCUT2D eigenvalue weighted by molar-refractivity contribution is 6.25. The first-order valence-electron chi connectivity index (χ1n) is 41.1. The molecule has 0 aromatic heterocycles. The Bertz CT molecular complexity index is 2930. The van der Waals surface area contributed by atoms with E-state index in [1.807, 2.05) is 36.4 Å². The third-order valence-electron chi connectivity index (χ3n) is 22.8. The molecule has 0 N–H and O–H groups in total. The minimum absolute atomic E-state index is 0.121. The maximum absolute atomic E-state index is 13.7. The van der Waals surface area contributed by atoms with Crippen molar-refractivity contribution in [1.82, 2.24) is 4.90 Å². The van der Waals surface area contributed by atoms with Crippen molar-refractivity contribution in [3.8, 4) is 0 Å². The predicted molar refractivity (Wildman–Crippen MR) is 447 cm³/mol. The topological polar surface area (TPSA) is 37.4 Å². The van der Waals surface area contributed by atoms with E-state index in [-0.39, 0.29) is 104 Å². The first kappa shape index (κ1) is 92.0. The predicted octanol–water partition coefficient (Wildman–Crippen LogP) is 31.8. The number of carbonyl (C=O) groups is 2. The summed E-state index contributed by atoms with van der Waals surface area (Å²) in [5.41, 5.74) is 6.11. The largest absolute Gasteiger partial charge is 0.274 e. The Morgan fingerprint density at radius 3 is 0.600 bits per heavy atom. The second-order valence-corrected chi connectivity index (χ2v) is 52.6. The van der Waals surface area contributed by atoms with Crippen LogP contribution in [0.1, 0.15) is 446 Å². The first-order valence-corrected chi connectivity index (χ1v) is 41.1. The Morgan fingerprint density at radius 2 is 0.420 bits per heavy atom. The lowest BCUT2D eigenvalue weighted by Crippen LogP contribution is -2.41. The molecule has 1 aliphatic heterocycles. The van der Waals surface area contributed by atoms with Crippen LogP contribution < -0.4 is 0 Å². The summed E-state index contributed by atoms with van der Waals surface area (Å²) in [6, 6.07) is 11.6. The highest BCUT2D eigenvalue weighted by atomic mass is 16.2. The van der Waals surface area contributed by atoms with Crippen LogP contribution in [0.25, 0.3) is 10.8 Å². The summed E-state index contributed by atoms with van der Waals surface area (Å²) < 4.78 is 0. The Labute approximate surface area is 627 Å². The highest BCUT2D eigenvalue weighted by Gasteiger charge is 2.47. The van der Waals surface area contributed by atoms with Crippen molar-refractivity contribution in [3.05, 3.63) is 47.5 Å². The van der Waals surface area contributed by atoms with E-state index in [9.17, 15) is 9.59 Å². The zero-order valence-electron chi connectivity index (χ0n) is 75.9. The molecule has 1 atom stereocenters. The third-order valence-corrected chi connectivity index (χ3v) is 22.8. The summed E-state index contributed by atoms with van der Waals surface area (Å²) in [4.78, 5) is 28.9. The second kappa shape index (κ2) is 30.8. The molecule has 0 radical (unpaired) electrons. The van der Waals surface area contributed by atoms with E-state index in [1.165, 1.54) is 120 Å². The maximum Gasteiger partial charge on any atom is 0.261 e. The normalized spacial score (nSPS) is 16.4. The van der Waals surface area contributed by atoms with Crippen LogP contribution in [-0.4, -0.2) is 23.3 Å². The van der Waals surface area contributed by atoms with Crippen LogP contribution in [0.4, 0.5) is 0 Å². The fraction of sp³-hybridized carbons (Fsp3) is 0.876. The highest BCUT2D eigenvalue weighted by Crippen LogP contribution is 2.59. The number of hydrogen-bond acceptors (Lipinski definition) is 2. The zero-order valence-corrected chi connectivity index (χ0v) is 75.9. The number of carbonyl (C=O) groups excluding carboxylic acids is 2. The van der Waals surface area contributed by atoms with E-state index in [4.69, 9.17) is 0 Å². The van der Waals surface area contributed by atoms with Gasteiger partial charge in [-0.3, -0.25) is 14.5 Å². The summed E-state index contributed by atoms with van der Waals surface area (Å²) in [5.74, 6) is 0.0737. The van der Waals surface area contributed by atoms with E-state index in [0.717, 1.165) is 30.0 Å². The number of benzene rings is 2. The van der Waals surface area contributed by atoms with Gasteiger partial charge < -0.3 is 0 Å². The van der Waals surface area contributed by atoms with Gasteiger partial charge in [0.15, 0.2) is 0 Å². The summed E-state index contributed by atoms with van der Waals surface area (Å²) in [6.45, 7) is 108. The van der Waals surface area contributed by atoms with Crippen LogP contribution in [0.2, 0.25) is 0 Å². The van der Waals surface area contributed by atoms with Crippen LogP contribution in [0.3, 0.4) is 0 Å². The molecule has 0 saturated heterocycles. The van der Waals surface area contributed by atoms with Crippen molar-refractivity contribution in [2.75, 3.05) is 6.54 Å². The molecule has 0 fully saturated rings. The van der Waals surface area contributed by atoms with Gasteiger partial charge in [0.1, 0.15) is 0 Å². The SMILES string of the molecule is CC(CCN1C(=O)c2cccc3cccc(c23)C1=O)CC(C)(C)CC(C)(C)CC(C)(C)CC(C)(C)CC(C)(C)CC(C)(C)CC(C)(C)CC(C)(C)CC(C)(C)CC(C)(C)CC(C)(C)CC(C)(C)CC(C)(C)CC(C)(C)CC(C)(C)CC(C)(C)CC(C)(C)CC(C)(C)CC(C)(C)CC(C)(C)C. The van der Waals surface area contributed by atoms with Gasteiger partial charge in [0, 0.05) is 23.1 Å². The van der Waals surface area contributed by atoms with Crippen LogP contribution >= 0.6 is 0 Å². The number of rotatable bonds is 42. The molecule has 0 spiro atoms. The fourth-order valence-electron chi connectivity index (χ4n) is 29.6. The van der Waals surface area contributed by atoms with Gasteiger partial charge in [-0.15, -0.1) is 0 Å². The Hall–Kier alpha value is -2.16. The van der Waals surface area contributed by atoms with E-state index >= 15 is 0 Å². The van der Waals surface area contributed by atoms with Gasteiger partial charge in [-0.05, 0) is 267 Å². The molecular weight excluding hydrogens is 1210 g/mol. The zero-order chi connectivity index (χ0) is 78.4. The van der Waals surface area contributed by atoms with Gasteiger partial charge in [0.2, 0.25) is 0 Å². The molecule has 3 heteroatoms. The fourth-order valence-corrected chi connectivity index (χ4v) is 29.6. The van der Waals surface area contributed by atoms with Crippen molar-refractivity contribution in [2.45, 2.75) is 426 Å². The summed E-state index contributed by atoms with van der Waals surface area (Å²) >= 11 is 0. The van der Waals surface area contributed by atoms with Gasteiger partial charge >= 0.3 is 0 Å². The third kappa shape index (κ3) is 32.9. The maximum atomic E-state index is 13.7. The number of hydrogen-bond donors (Lipinski definition) is 0. The van der Waals surface area contributed by atoms with Crippen molar-refractivity contribution in [2.24, 2.45) is 114 Å². The number of nitrogens with zero attached hydrogens (tertiary/aromatic N) is 1. The lowest BCUT2D eigenvalue weighted by atomic mass is 9.57. The summed E-state index contributed by atoms with van der Waals surface area (Å²) in [5, 5.41) is 1.76. The lowest BCUT2D eigenvalue weighted by molar-refractivity contribution is 0.0271. The minimum Gasteiger partial charge on any atom is -0.274 e. The van der Waals surface area contributed by atoms with E-state index in [2.05, 4.69) is 291 Å². The van der Waals surface area contributed by atoms with Crippen molar-refractivity contribution < 1.29 is 9.59 Å². The Balaban J connectivity index is 1.56. The molecule has 0 saturated carbocycles. The number of amides is 2. The van der Waals surface area contributed by atoms with Crippen LogP contribution in [-0.2, 0) is 0 Å². The molecule has 3 nitrogen and oxygen atoms in total. The van der Waals surface area contributed by atoms with Crippen molar-refractivity contribution in [3.63, 3.8) is 0 Å². The lowest BCUT2D eigenvalue weighted by Gasteiger charge is -2.48. The quantitative estimate of drug-likeness (QED) is 0.0621. The van der Waals surface area contributed by atoms with E-state index in [0.29, 0.717) is 39.8 Å². The second-order valence-electron chi connectivity index (χ2n) is 52.6. The smallest absolute Gasteiger partial charge is 0.261 e. The average molecular weight is 1390 g/mol. The molecule has 1 unspecified atom stereocenters. The first-order chi connectivity index (χ1) is 43.7. The molecule has 2 amide bonds. The van der Waals surface area contributed by atoms with Crippen molar-refractivity contribution in [1.29, 1.82) is 0 Å². The Morgan fingerprint density at radius 1 is 0.250 bits per heavy atom. The van der Waals surface area contributed by atoms with E-state index < -0.39 is 0 Å². The summed E-state index contributed by atoms with van der Waals surface area (Å²) in [7, 11) is 0. The number of imide groups is 1. The van der Waals surface area contributed by atoms with E-state index in [1.54, 1.807) is 0 Å². The molecule has 0 bridgehead atoms. The monoisotopic (exact) mass is 1390 g/mol. The molecule has 3 rings (SSSR count). The molecule has 100 heavy (non-hydrogen) atoms. The molecule has 582 valence electrons. The van der Waals surface area contributed by atoms with Gasteiger partial charge in [-0.2, -0.15) is 0 Å². The standard InChI is InChI=1S/C97H177NO2/c1-71(49-50-98-76(99)73-47-43-45-72-46-44-48-74(75(72)73)77(98)100)51-79(5,6)53-81(9,10)55-83(13,14)57-85(17,18)59-87(21,22)61-89(25,26)63-91(29,30)65-93(33,34)67-95(37,38)69-97(41,42)70-96(39,40)68-94(35,36)66-92(31,32)64-90(27,28)62-88(23,24)60-86(19,20)58-84(15,16)56-82(11,12)54-80(7,8)52-78(2,3)4/h43-48,71H,49-70H2,1-42H3. The van der Waals surface area contributed by atoms with Crippen LogP contribution in [0.5, 0.6) is 0 Å². The molecule has 1 heterocycles. The van der Waals surface area contributed by atoms with Crippen LogP contribution in [0.15, 0.2) is 36.4 Å². The molecule has 2 aromatic rings. The van der Waals surface area contributed by atoms with Gasteiger partial charge in [-0.1, -0.05) is 315 Å². The van der Waals surface area contributed by atoms with Crippen LogP contribution in [0, 0.1) is 114 Å². The van der Waals surface area contributed by atoms with Crippen molar-refractivity contribution >= 4 is 22.6 Å². The van der Waals surface area contributed by atoms with Gasteiger partial charge in [0.05, 0.1) is 0 Å². The molecular formula is C97H177NO2.